The summed E-state index contributed by atoms with van der Waals surface area (Å²) in [4.78, 5) is 14.8. The van der Waals surface area contributed by atoms with Crippen molar-refractivity contribution < 1.29 is 27.8 Å². The maximum atomic E-state index is 13.6. The number of ether oxygens (including phenoxy) is 1. The number of halogens is 2. The number of carbonyl (C=O) groups is 1. The van der Waals surface area contributed by atoms with Crippen molar-refractivity contribution >= 4 is 5.97 Å². The van der Waals surface area contributed by atoms with Crippen LogP contribution in [0.3, 0.4) is 0 Å². The third-order valence-electron chi connectivity index (χ3n) is 2.35. The lowest BCUT2D eigenvalue weighted by atomic mass is 10.2. The summed E-state index contributed by atoms with van der Waals surface area (Å²) in [6.45, 7) is -0.109. The van der Waals surface area contributed by atoms with Crippen molar-refractivity contribution in [3.8, 4) is 11.5 Å². The molecule has 0 fully saturated rings. The highest BCUT2D eigenvalue weighted by atomic mass is 19.2. The van der Waals surface area contributed by atoms with Crippen LogP contribution in [-0.2, 0) is 11.3 Å². The summed E-state index contributed by atoms with van der Waals surface area (Å²) in [7, 11) is 1.35. The Morgan fingerprint density at radius 1 is 1.47 bits per heavy atom. The molecule has 0 saturated carbocycles. The van der Waals surface area contributed by atoms with Crippen LogP contribution in [0, 0.1) is 11.6 Å². The van der Waals surface area contributed by atoms with E-state index in [4.69, 9.17) is 14.3 Å². The molecular formula is C12H9F2NO4. The Morgan fingerprint density at radius 2 is 2.21 bits per heavy atom. The number of aromatic nitrogens is 1. The van der Waals surface area contributed by atoms with Crippen molar-refractivity contribution in [1.29, 1.82) is 0 Å². The molecule has 0 saturated heterocycles. The van der Waals surface area contributed by atoms with Gasteiger partial charge in [-0.05, 0) is 12.1 Å². The van der Waals surface area contributed by atoms with Gasteiger partial charge in [-0.2, -0.15) is 0 Å². The van der Waals surface area contributed by atoms with E-state index in [0.29, 0.717) is 0 Å². The Labute approximate surface area is 106 Å². The molecule has 1 heterocycles. The van der Waals surface area contributed by atoms with E-state index in [2.05, 4.69) is 4.98 Å². The first-order chi connectivity index (χ1) is 9.04. The predicted octanol–water partition coefficient (Wildman–Crippen LogP) is 2.46. The summed E-state index contributed by atoms with van der Waals surface area (Å²) in [5.41, 5.74) is -0.237. The van der Waals surface area contributed by atoms with Gasteiger partial charge in [0.05, 0.1) is 12.2 Å². The fourth-order valence-electron chi connectivity index (χ4n) is 1.54. The van der Waals surface area contributed by atoms with Gasteiger partial charge < -0.3 is 14.3 Å². The summed E-state index contributed by atoms with van der Waals surface area (Å²) >= 11 is 0. The van der Waals surface area contributed by atoms with E-state index < -0.39 is 23.4 Å². The van der Waals surface area contributed by atoms with Crippen LogP contribution in [0.25, 0.3) is 11.5 Å². The fraction of sp³-hybridized carbons (Fsp3) is 0.167. The van der Waals surface area contributed by atoms with Gasteiger partial charge in [0.25, 0.3) is 0 Å². The molecule has 0 amide bonds. The minimum atomic E-state index is -1.36. The van der Waals surface area contributed by atoms with E-state index in [0.717, 1.165) is 6.07 Å². The second-order valence-corrected chi connectivity index (χ2v) is 3.63. The van der Waals surface area contributed by atoms with Gasteiger partial charge in [0.1, 0.15) is 5.69 Å². The minimum absolute atomic E-state index is 0.00802. The summed E-state index contributed by atoms with van der Waals surface area (Å²) < 4.78 is 36.4. The molecule has 5 nitrogen and oxygen atoms in total. The normalized spacial score (nSPS) is 10.7. The molecule has 100 valence electrons. The van der Waals surface area contributed by atoms with Gasteiger partial charge in [-0.1, -0.05) is 6.07 Å². The number of methoxy groups -OCH3 is 1. The molecule has 1 aromatic heterocycles. The summed E-state index contributed by atoms with van der Waals surface area (Å²) in [5.74, 6) is -4.34. The molecule has 7 heteroatoms. The van der Waals surface area contributed by atoms with Gasteiger partial charge in [0.2, 0.25) is 11.7 Å². The third-order valence-corrected chi connectivity index (χ3v) is 2.35. The van der Waals surface area contributed by atoms with E-state index in [9.17, 15) is 13.6 Å². The molecule has 0 aliphatic rings. The first-order valence-electron chi connectivity index (χ1n) is 5.21. The van der Waals surface area contributed by atoms with Crippen LogP contribution in [0.15, 0.2) is 22.6 Å². The van der Waals surface area contributed by atoms with E-state index in [-0.39, 0.29) is 23.8 Å². The maximum absolute atomic E-state index is 13.6. The Bertz CT molecular complexity index is 624. The van der Waals surface area contributed by atoms with Crippen LogP contribution in [-0.4, -0.2) is 23.2 Å². The topological polar surface area (TPSA) is 72.6 Å². The predicted molar refractivity (Wildman–Crippen MR) is 59.5 cm³/mol. The van der Waals surface area contributed by atoms with E-state index in [1.54, 1.807) is 0 Å². The highest BCUT2D eigenvalue weighted by Crippen LogP contribution is 2.26. The lowest BCUT2D eigenvalue weighted by Gasteiger charge is -1.98. The molecule has 1 aromatic carbocycles. The molecule has 0 unspecified atom stereocenters. The van der Waals surface area contributed by atoms with Crippen LogP contribution in [0.4, 0.5) is 8.78 Å². The first-order valence-corrected chi connectivity index (χ1v) is 5.21. The first kappa shape index (κ1) is 13.2. The van der Waals surface area contributed by atoms with Gasteiger partial charge in [0, 0.05) is 7.11 Å². The van der Waals surface area contributed by atoms with Gasteiger partial charge in [-0.15, -0.1) is 0 Å². The zero-order chi connectivity index (χ0) is 14.0. The zero-order valence-electron chi connectivity index (χ0n) is 9.81. The molecule has 2 aromatic rings. The molecule has 0 aliphatic heterocycles. The molecule has 0 bridgehead atoms. The largest absolute Gasteiger partial charge is 0.475 e. The lowest BCUT2D eigenvalue weighted by molar-refractivity contribution is 0.0656. The number of benzene rings is 1. The molecule has 2 rings (SSSR count). The van der Waals surface area contributed by atoms with Crippen molar-refractivity contribution in [2.24, 2.45) is 0 Å². The van der Waals surface area contributed by atoms with E-state index in [1.807, 2.05) is 0 Å². The molecule has 19 heavy (non-hydrogen) atoms. The Balaban J connectivity index is 2.54. The van der Waals surface area contributed by atoms with Crippen LogP contribution >= 0.6 is 0 Å². The standard InChI is InChI=1S/C12H9F2NO4/c1-18-5-8-10(12(16)17)19-11(15-8)6-3-2-4-7(13)9(6)14/h2-4H,5H2,1H3,(H,16,17). The van der Waals surface area contributed by atoms with Crippen molar-refractivity contribution in [3.63, 3.8) is 0 Å². The second kappa shape index (κ2) is 5.15. The van der Waals surface area contributed by atoms with Crippen LogP contribution in [0.5, 0.6) is 0 Å². The van der Waals surface area contributed by atoms with Crippen molar-refractivity contribution in [2.75, 3.05) is 7.11 Å². The molecule has 1 N–H and O–H groups in total. The number of aromatic carboxylic acids is 1. The minimum Gasteiger partial charge on any atom is -0.475 e. The maximum Gasteiger partial charge on any atom is 0.373 e. The van der Waals surface area contributed by atoms with Crippen LogP contribution in [0.2, 0.25) is 0 Å². The highest BCUT2D eigenvalue weighted by molar-refractivity contribution is 5.86. The third kappa shape index (κ3) is 2.45. The SMILES string of the molecule is COCc1nc(-c2cccc(F)c2F)oc1C(=O)O. The second-order valence-electron chi connectivity index (χ2n) is 3.63. The highest BCUT2D eigenvalue weighted by Gasteiger charge is 2.22. The Hall–Kier alpha value is -2.28. The molecule has 0 aliphatic carbocycles. The zero-order valence-corrected chi connectivity index (χ0v) is 9.81. The number of carboxylic acid groups (broad SMARTS) is 1. The number of carboxylic acids is 1. The smallest absolute Gasteiger partial charge is 0.373 e. The summed E-state index contributed by atoms with van der Waals surface area (Å²) in [6, 6.07) is 3.46. The van der Waals surface area contributed by atoms with Crippen molar-refractivity contribution in [3.05, 3.63) is 41.3 Å². The van der Waals surface area contributed by atoms with Gasteiger partial charge >= 0.3 is 5.97 Å². The number of hydrogen-bond donors (Lipinski definition) is 1. The quantitative estimate of drug-likeness (QED) is 0.923. The molecule has 0 radical (unpaired) electrons. The lowest BCUT2D eigenvalue weighted by Crippen LogP contribution is -2.00. The van der Waals surface area contributed by atoms with Crippen LogP contribution in [0.1, 0.15) is 16.2 Å². The van der Waals surface area contributed by atoms with Gasteiger partial charge in [-0.3, -0.25) is 0 Å². The van der Waals surface area contributed by atoms with Gasteiger partial charge in [0.15, 0.2) is 11.6 Å². The number of hydrogen-bond acceptors (Lipinski definition) is 4. The number of rotatable bonds is 4. The number of nitrogens with zero attached hydrogens (tertiary/aromatic N) is 1. The average molecular weight is 269 g/mol. The van der Waals surface area contributed by atoms with Gasteiger partial charge in [-0.25, -0.2) is 18.6 Å². The summed E-state index contributed by atoms with van der Waals surface area (Å²) in [5, 5.41) is 8.92. The molecule has 0 atom stereocenters. The van der Waals surface area contributed by atoms with E-state index >= 15 is 0 Å². The monoisotopic (exact) mass is 269 g/mol. The number of oxazole rings is 1. The Morgan fingerprint density at radius 3 is 2.84 bits per heavy atom. The fourth-order valence-corrected chi connectivity index (χ4v) is 1.54. The average Bonchev–Trinajstić information content (AvgIpc) is 2.77. The molecular weight excluding hydrogens is 260 g/mol. The van der Waals surface area contributed by atoms with Crippen LogP contribution < -0.4 is 0 Å². The molecule has 0 spiro atoms. The Kier molecular flexibility index (Phi) is 3.57. The van der Waals surface area contributed by atoms with E-state index in [1.165, 1.54) is 19.2 Å². The van der Waals surface area contributed by atoms with Crippen molar-refractivity contribution in [2.45, 2.75) is 6.61 Å². The summed E-state index contributed by atoms with van der Waals surface area (Å²) in [6.07, 6.45) is 0. The van der Waals surface area contributed by atoms with Crippen molar-refractivity contribution in [1.82, 2.24) is 4.98 Å².